The maximum absolute atomic E-state index is 11.2. The highest BCUT2D eigenvalue weighted by Crippen LogP contribution is 2.43. The Balaban J connectivity index is 1.95. The van der Waals surface area contributed by atoms with E-state index in [4.69, 9.17) is 11.6 Å². The largest absolute Gasteiger partial charge is 0.481 e. The fourth-order valence-corrected chi connectivity index (χ4v) is 4.09. The monoisotopic (exact) mass is 278 g/mol. The normalized spacial score (nSPS) is 23.3. The Bertz CT molecular complexity index is 504. The summed E-state index contributed by atoms with van der Waals surface area (Å²) in [5.74, 6) is -0.497. The molecule has 3 rings (SSSR count). The molecule has 1 aromatic carbocycles. The molecule has 0 saturated heterocycles. The lowest BCUT2D eigenvalue weighted by molar-refractivity contribution is -0.138. The Kier molecular flexibility index (Phi) is 3.53. The van der Waals surface area contributed by atoms with Gasteiger partial charge in [0.2, 0.25) is 0 Å². The Morgan fingerprint density at radius 1 is 1.11 bits per heavy atom. The lowest BCUT2D eigenvalue weighted by Crippen LogP contribution is -2.09. The molecule has 3 heteroatoms. The number of fused-ring (bicyclic) bond motifs is 1. The van der Waals surface area contributed by atoms with Gasteiger partial charge in [0.25, 0.3) is 0 Å². The number of aliphatic carboxylic acids is 1. The molecule has 19 heavy (non-hydrogen) atoms. The van der Waals surface area contributed by atoms with Gasteiger partial charge in [0.1, 0.15) is 0 Å². The van der Waals surface area contributed by atoms with Crippen LogP contribution in [0.4, 0.5) is 0 Å². The third-order valence-electron chi connectivity index (χ3n) is 4.71. The highest BCUT2D eigenvalue weighted by atomic mass is 35.5. The summed E-state index contributed by atoms with van der Waals surface area (Å²) in [7, 11) is 0. The van der Waals surface area contributed by atoms with E-state index in [-0.39, 0.29) is 5.92 Å². The van der Waals surface area contributed by atoms with E-state index in [0.29, 0.717) is 12.3 Å². The molecule has 1 saturated carbocycles. The number of rotatable bonds is 2. The number of carboxylic acid groups (broad SMARTS) is 1. The van der Waals surface area contributed by atoms with Crippen molar-refractivity contribution in [1.82, 2.24) is 0 Å². The first-order valence-corrected chi connectivity index (χ1v) is 7.60. The first kappa shape index (κ1) is 13.0. The van der Waals surface area contributed by atoms with Crippen LogP contribution in [0.15, 0.2) is 12.1 Å². The third kappa shape index (κ3) is 2.27. The zero-order valence-corrected chi connectivity index (χ0v) is 11.7. The molecule has 0 aromatic heterocycles. The van der Waals surface area contributed by atoms with Gasteiger partial charge in [-0.1, -0.05) is 43.0 Å². The molecule has 2 aliphatic carbocycles. The maximum atomic E-state index is 11.2. The van der Waals surface area contributed by atoms with Crippen molar-refractivity contribution in [3.05, 3.63) is 33.8 Å². The topological polar surface area (TPSA) is 37.3 Å². The molecule has 1 atom stereocenters. The maximum Gasteiger partial charge on any atom is 0.310 e. The predicted molar refractivity (Wildman–Crippen MR) is 76.0 cm³/mol. The Morgan fingerprint density at radius 3 is 2.47 bits per heavy atom. The van der Waals surface area contributed by atoms with E-state index in [1.165, 1.54) is 37.7 Å². The molecule has 1 N–H and O–H groups in total. The fourth-order valence-electron chi connectivity index (χ4n) is 3.66. The van der Waals surface area contributed by atoms with Gasteiger partial charge in [-0.05, 0) is 48.3 Å². The van der Waals surface area contributed by atoms with Crippen molar-refractivity contribution in [3.8, 4) is 0 Å². The van der Waals surface area contributed by atoms with Crippen molar-refractivity contribution in [2.24, 2.45) is 0 Å². The van der Waals surface area contributed by atoms with Crippen molar-refractivity contribution in [3.63, 3.8) is 0 Å². The molecule has 0 heterocycles. The third-order valence-corrected chi connectivity index (χ3v) is 5.16. The molecule has 1 fully saturated rings. The average Bonchev–Trinajstić information content (AvgIpc) is 2.85. The average molecular weight is 279 g/mol. The molecule has 102 valence electrons. The van der Waals surface area contributed by atoms with E-state index in [1.54, 1.807) is 0 Å². The van der Waals surface area contributed by atoms with Crippen LogP contribution in [0.3, 0.4) is 0 Å². The molecule has 2 nitrogen and oxygen atoms in total. The highest BCUT2D eigenvalue weighted by Gasteiger charge is 2.31. The summed E-state index contributed by atoms with van der Waals surface area (Å²) in [4.78, 5) is 11.2. The van der Waals surface area contributed by atoms with Gasteiger partial charge in [-0.15, -0.1) is 0 Å². The lowest BCUT2D eigenvalue weighted by atomic mass is 9.83. The summed E-state index contributed by atoms with van der Waals surface area (Å²) in [6, 6.07) is 4.09. The number of carboxylic acids is 1. The van der Waals surface area contributed by atoms with Crippen LogP contribution in [-0.2, 0) is 11.2 Å². The lowest BCUT2D eigenvalue weighted by Gasteiger charge is -2.24. The quantitative estimate of drug-likeness (QED) is 0.865. The number of benzene rings is 1. The summed E-state index contributed by atoms with van der Waals surface area (Å²) in [6.45, 7) is 0. The Labute approximate surface area is 118 Å². The predicted octanol–water partition coefficient (Wildman–Crippen LogP) is 4.50. The summed E-state index contributed by atoms with van der Waals surface area (Å²) in [5.41, 5.74) is 3.29. The molecule has 1 unspecified atom stereocenters. The molecule has 1 aromatic rings. The number of hydrogen-bond donors (Lipinski definition) is 1. The van der Waals surface area contributed by atoms with Crippen LogP contribution >= 0.6 is 11.6 Å². The second-order valence-electron chi connectivity index (χ2n) is 5.80. The van der Waals surface area contributed by atoms with Crippen LogP contribution in [0.25, 0.3) is 0 Å². The molecule has 0 spiro atoms. The smallest absolute Gasteiger partial charge is 0.310 e. The van der Waals surface area contributed by atoms with Gasteiger partial charge in [0, 0.05) is 5.02 Å². The van der Waals surface area contributed by atoms with Gasteiger partial charge in [0.05, 0.1) is 5.92 Å². The zero-order chi connectivity index (χ0) is 13.4. The van der Waals surface area contributed by atoms with Crippen molar-refractivity contribution < 1.29 is 9.90 Å². The summed E-state index contributed by atoms with van der Waals surface area (Å²) in [5, 5.41) is 10.1. The van der Waals surface area contributed by atoms with Crippen LogP contribution in [-0.4, -0.2) is 11.1 Å². The Morgan fingerprint density at radius 2 is 1.79 bits per heavy atom. The second-order valence-corrected chi connectivity index (χ2v) is 6.18. The zero-order valence-electron chi connectivity index (χ0n) is 11.0. The van der Waals surface area contributed by atoms with Gasteiger partial charge in [-0.3, -0.25) is 4.79 Å². The number of halogens is 1. The summed E-state index contributed by atoms with van der Waals surface area (Å²) in [6.07, 6.45) is 7.86. The molecule has 0 amide bonds. The SMILES string of the molecule is O=C(O)C1CCc2c1ccc(C1CCCCC1)c2Cl. The second kappa shape index (κ2) is 5.16. The van der Waals surface area contributed by atoms with Crippen LogP contribution in [0.2, 0.25) is 5.02 Å². The van der Waals surface area contributed by atoms with Crippen molar-refractivity contribution in [2.45, 2.75) is 56.8 Å². The number of hydrogen-bond acceptors (Lipinski definition) is 1. The van der Waals surface area contributed by atoms with Gasteiger partial charge >= 0.3 is 5.97 Å². The van der Waals surface area contributed by atoms with E-state index in [2.05, 4.69) is 6.07 Å². The summed E-state index contributed by atoms with van der Waals surface area (Å²) >= 11 is 6.56. The van der Waals surface area contributed by atoms with Crippen molar-refractivity contribution in [2.75, 3.05) is 0 Å². The van der Waals surface area contributed by atoms with Crippen LogP contribution in [0, 0.1) is 0 Å². The first-order valence-electron chi connectivity index (χ1n) is 7.22. The van der Waals surface area contributed by atoms with Crippen LogP contribution < -0.4 is 0 Å². The minimum absolute atomic E-state index is 0.354. The van der Waals surface area contributed by atoms with E-state index >= 15 is 0 Å². The van der Waals surface area contributed by atoms with Crippen molar-refractivity contribution >= 4 is 17.6 Å². The fraction of sp³-hybridized carbons (Fsp3) is 0.562. The van der Waals surface area contributed by atoms with E-state index in [1.807, 2.05) is 6.07 Å². The van der Waals surface area contributed by atoms with E-state index in [0.717, 1.165) is 22.6 Å². The molecule has 0 aliphatic heterocycles. The molecular weight excluding hydrogens is 260 g/mol. The Hall–Kier alpha value is -1.02. The van der Waals surface area contributed by atoms with Gasteiger partial charge in [-0.25, -0.2) is 0 Å². The van der Waals surface area contributed by atoms with Gasteiger partial charge in [-0.2, -0.15) is 0 Å². The molecule has 0 bridgehead atoms. The minimum atomic E-state index is -0.722. The standard InChI is InChI=1S/C16H19ClO2/c17-15-11(10-4-2-1-3-5-10)6-7-12-13(15)8-9-14(12)16(18)19/h6-7,10,14H,1-5,8-9H2,(H,18,19). The molecule has 2 aliphatic rings. The summed E-state index contributed by atoms with van der Waals surface area (Å²) < 4.78 is 0. The van der Waals surface area contributed by atoms with Crippen LogP contribution in [0.5, 0.6) is 0 Å². The van der Waals surface area contributed by atoms with Crippen molar-refractivity contribution in [1.29, 1.82) is 0 Å². The first-order chi connectivity index (χ1) is 9.18. The minimum Gasteiger partial charge on any atom is -0.481 e. The number of carbonyl (C=O) groups is 1. The van der Waals surface area contributed by atoms with Gasteiger partial charge < -0.3 is 5.11 Å². The van der Waals surface area contributed by atoms with Gasteiger partial charge in [0.15, 0.2) is 0 Å². The highest BCUT2D eigenvalue weighted by molar-refractivity contribution is 6.32. The van der Waals surface area contributed by atoms with Crippen LogP contribution in [0.1, 0.15) is 67.1 Å². The van der Waals surface area contributed by atoms with E-state index < -0.39 is 5.97 Å². The molecule has 0 radical (unpaired) electrons. The van der Waals surface area contributed by atoms with E-state index in [9.17, 15) is 9.90 Å². The molecular formula is C16H19ClO2.